The summed E-state index contributed by atoms with van der Waals surface area (Å²) in [5.41, 5.74) is -0.0960. The molecule has 0 bridgehead atoms. The van der Waals surface area contributed by atoms with Crippen LogP contribution in [-0.4, -0.2) is 35.5 Å². The normalized spacial score (nSPS) is 12.8. The molecule has 7 heteroatoms. The summed E-state index contributed by atoms with van der Waals surface area (Å²) in [6, 6.07) is 4.70. The van der Waals surface area contributed by atoms with E-state index in [4.69, 9.17) is 5.11 Å². The number of carboxylic acid groups (broad SMARTS) is 1. The van der Waals surface area contributed by atoms with Crippen molar-refractivity contribution in [2.24, 2.45) is 0 Å². The third-order valence-corrected chi connectivity index (χ3v) is 3.37. The number of hydrogen-bond acceptors (Lipinski definition) is 2. The maximum atomic E-state index is 12.5. The number of hydrogen-bond donors (Lipinski definition) is 1. The molecule has 1 atom stereocenters. The Hall–Kier alpha value is -2.05. The minimum atomic E-state index is -4.38. The van der Waals surface area contributed by atoms with Crippen molar-refractivity contribution >= 4 is 11.9 Å². The molecule has 0 spiro atoms. The van der Waals surface area contributed by atoms with Crippen molar-refractivity contribution in [3.63, 3.8) is 0 Å². The van der Waals surface area contributed by atoms with Crippen LogP contribution in [0, 0.1) is 0 Å². The molecule has 0 heterocycles. The second-order valence-corrected chi connectivity index (χ2v) is 5.18. The van der Waals surface area contributed by atoms with E-state index >= 15 is 0 Å². The van der Waals surface area contributed by atoms with Gasteiger partial charge in [-0.05, 0) is 23.6 Å². The van der Waals surface area contributed by atoms with Gasteiger partial charge in [0.15, 0.2) is 0 Å². The quantitative estimate of drug-likeness (QED) is 0.877. The lowest BCUT2D eigenvalue weighted by atomic mass is 9.96. The second kappa shape index (κ2) is 7.29. The van der Waals surface area contributed by atoms with Gasteiger partial charge >= 0.3 is 12.1 Å². The Morgan fingerprint density at radius 2 is 1.77 bits per heavy atom. The highest BCUT2D eigenvalue weighted by atomic mass is 19.4. The van der Waals surface area contributed by atoms with E-state index in [1.807, 2.05) is 0 Å². The lowest BCUT2D eigenvalue weighted by Crippen LogP contribution is -2.29. The van der Waals surface area contributed by atoms with Gasteiger partial charge in [-0.2, -0.15) is 13.2 Å². The number of carbonyl (C=O) groups is 2. The molecule has 4 nitrogen and oxygen atoms in total. The van der Waals surface area contributed by atoms with Crippen molar-refractivity contribution in [2.45, 2.75) is 31.9 Å². The third kappa shape index (κ3) is 5.38. The van der Waals surface area contributed by atoms with Crippen LogP contribution in [0.15, 0.2) is 24.3 Å². The van der Waals surface area contributed by atoms with E-state index in [0.717, 1.165) is 12.1 Å². The number of rotatable bonds is 6. The number of alkyl halides is 3. The summed E-state index contributed by atoms with van der Waals surface area (Å²) >= 11 is 0. The first-order chi connectivity index (χ1) is 10.1. The smallest absolute Gasteiger partial charge is 0.416 e. The van der Waals surface area contributed by atoms with Gasteiger partial charge in [0.2, 0.25) is 5.91 Å². The van der Waals surface area contributed by atoms with Crippen LogP contribution >= 0.6 is 0 Å². The third-order valence-electron chi connectivity index (χ3n) is 3.37. The summed E-state index contributed by atoms with van der Waals surface area (Å²) in [4.78, 5) is 23.7. The fourth-order valence-electron chi connectivity index (χ4n) is 1.92. The molecule has 22 heavy (non-hydrogen) atoms. The summed E-state index contributed by atoms with van der Waals surface area (Å²) < 4.78 is 37.4. The van der Waals surface area contributed by atoms with Crippen LogP contribution in [0.25, 0.3) is 0 Å². The maximum absolute atomic E-state index is 12.5. The standard InChI is InChI=1S/C15H18F3NO3/c1-10(9-13(20)19(2)8-7-14(21)22)11-3-5-12(6-4-11)15(16,17)18/h3-6,10H,7-9H2,1-2H3,(H,21,22). The molecule has 1 unspecified atom stereocenters. The number of aliphatic carboxylic acids is 1. The first kappa shape index (κ1) is 18.0. The molecule has 0 fully saturated rings. The Bertz CT molecular complexity index is 526. The monoisotopic (exact) mass is 317 g/mol. The molecule has 0 aromatic heterocycles. The Labute approximate surface area is 126 Å². The van der Waals surface area contributed by atoms with E-state index in [0.29, 0.717) is 5.56 Å². The predicted molar refractivity (Wildman–Crippen MR) is 74.4 cm³/mol. The summed E-state index contributed by atoms with van der Waals surface area (Å²) in [6.45, 7) is 1.85. The molecule has 1 aromatic carbocycles. The minimum absolute atomic E-state index is 0.105. The molecular weight excluding hydrogens is 299 g/mol. The van der Waals surface area contributed by atoms with Crippen molar-refractivity contribution in [1.82, 2.24) is 4.90 Å². The highest BCUT2D eigenvalue weighted by molar-refractivity contribution is 5.77. The number of carbonyl (C=O) groups excluding carboxylic acids is 1. The average Bonchev–Trinajstić information content (AvgIpc) is 2.43. The maximum Gasteiger partial charge on any atom is 0.416 e. The Morgan fingerprint density at radius 1 is 1.23 bits per heavy atom. The second-order valence-electron chi connectivity index (χ2n) is 5.18. The SMILES string of the molecule is CC(CC(=O)N(C)CCC(=O)O)c1ccc(C(F)(F)F)cc1. The van der Waals surface area contributed by atoms with E-state index in [2.05, 4.69) is 0 Å². The van der Waals surface area contributed by atoms with E-state index < -0.39 is 17.7 Å². The molecule has 1 rings (SSSR count). The highest BCUT2D eigenvalue weighted by Crippen LogP contribution is 2.30. The van der Waals surface area contributed by atoms with Crippen LogP contribution in [-0.2, 0) is 15.8 Å². The molecular formula is C15H18F3NO3. The fraction of sp³-hybridized carbons (Fsp3) is 0.467. The summed E-state index contributed by atoms with van der Waals surface area (Å²) in [5, 5.41) is 8.57. The van der Waals surface area contributed by atoms with Crippen LogP contribution in [0.3, 0.4) is 0 Å². The topological polar surface area (TPSA) is 57.6 Å². The van der Waals surface area contributed by atoms with Gasteiger partial charge in [0.05, 0.1) is 12.0 Å². The number of amides is 1. The van der Waals surface area contributed by atoms with E-state index in [9.17, 15) is 22.8 Å². The minimum Gasteiger partial charge on any atom is -0.481 e. The first-order valence-electron chi connectivity index (χ1n) is 6.74. The Kier molecular flexibility index (Phi) is 5.96. The zero-order valence-electron chi connectivity index (χ0n) is 12.4. The summed E-state index contributed by atoms with van der Waals surface area (Å²) in [5.74, 6) is -1.48. The number of carboxylic acids is 1. The van der Waals surface area contributed by atoms with Gasteiger partial charge in [-0.3, -0.25) is 9.59 Å². The number of halogens is 3. The van der Waals surface area contributed by atoms with Crippen molar-refractivity contribution < 1.29 is 27.9 Å². The van der Waals surface area contributed by atoms with Gasteiger partial charge in [0.1, 0.15) is 0 Å². The fourth-order valence-corrected chi connectivity index (χ4v) is 1.92. The van der Waals surface area contributed by atoms with Gasteiger partial charge in [-0.25, -0.2) is 0 Å². The molecule has 0 aliphatic rings. The van der Waals surface area contributed by atoms with Gasteiger partial charge in [-0.1, -0.05) is 19.1 Å². The molecule has 0 aliphatic carbocycles. The lowest BCUT2D eigenvalue weighted by molar-refractivity contribution is -0.139. The van der Waals surface area contributed by atoms with Crippen molar-refractivity contribution in [3.8, 4) is 0 Å². The zero-order chi connectivity index (χ0) is 16.9. The molecule has 122 valence electrons. The average molecular weight is 317 g/mol. The molecule has 0 radical (unpaired) electrons. The van der Waals surface area contributed by atoms with Crippen LogP contribution in [0.4, 0.5) is 13.2 Å². The molecule has 1 amide bonds. The lowest BCUT2D eigenvalue weighted by Gasteiger charge is -2.19. The predicted octanol–water partition coefficient (Wildman–Crippen LogP) is 3.13. The van der Waals surface area contributed by atoms with Crippen molar-refractivity contribution in [3.05, 3.63) is 35.4 Å². The molecule has 0 saturated heterocycles. The molecule has 0 saturated carbocycles. The van der Waals surface area contributed by atoms with Crippen LogP contribution in [0.1, 0.15) is 36.8 Å². The van der Waals surface area contributed by atoms with E-state index in [1.54, 1.807) is 6.92 Å². The number of benzene rings is 1. The van der Waals surface area contributed by atoms with Gasteiger partial charge in [0, 0.05) is 20.0 Å². The first-order valence-corrected chi connectivity index (χ1v) is 6.74. The molecule has 1 aromatic rings. The van der Waals surface area contributed by atoms with Gasteiger partial charge in [-0.15, -0.1) is 0 Å². The van der Waals surface area contributed by atoms with Gasteiger partial charge in [0.25, 0.3) is 0 Å². The van der Waals surface area contributed by atoms with E-state index in [-0.39, 0.29) is 31.2 Å². The number of nitrogens with zero attached hydrogens (tertiary/aromatic N) is 1. The van der Waals surface area contributed by atoms with Crippen LogP contribution < -0.4 is 0 Å². The van der Waals surface area contributed by atoms with Crippen molar-refractivity contribution in [1.29, 1.82) is 0 Å². The van der Waals surface area contributed by atoms with Crippen LogP contribution in [0.2, 0.25) is 0 Å². The largest absolute Gasteiger partial charge is 0.481 e. The molecule has 0 aliphatic heterocycles. The van der Waals surface area contributed by atoms with Crippen molar-refractivity contribution in [2.75, 3.05) is 13.6 Å². The Balaban J connectivity index is 2.63. The summed E-state index contributed by atoms with van der Waals surface area (Å²) in [6.07, 6.45) is -4.41. The highest BCUT2D eigenvalue weighted by Gasteiger charge is 2.30. The Morgan fingerprint density at radius 3 is 2.23 bits per heavy atom. The van der Waals surface area contributed by atoms with Gasteiger partial charge < -0.3 is 10.0 Å². The summed E-state index contributed by atoms with van der Waals surface area (Å²) in [7, 11) is 1.50. The van der Waals surface area contributed by atoms with Crippen LogP contribution in [0.5, 0.6) is 0 Å². The van der Waals surface area contributed by atoms with E-state index in [1.165, 1.54) is 24.1 Å². The zero-order valence-corrected chi connectivity index (χ0v) is 12.4. The molecule has 1 N–H and O–H groups in total.